The van der Waals surface area contributed by atoms with Gasteiger partial charge in [-0.15, -0.1) is 0 Å². The number of ether oxygens (including phenoxy) is 1. The Morgan fingerprint density at radius 1 is 1.45 bits per heavy atom. The van der Waals surface area contributed by atoms with Crippen LogP contribution in [0, 0.1) is 0 Å². The van der Waals surface area contributed by atoms with Crippen molar-refractivity contribution in [1.82, 2.24) is 0 Å². The molecule has 5 heteroatoms. The first kappa shape index (κ1) is 9.90. The number of carboxylic acid groups (broad SMARTS) is 1. The first-order valence-corrected chi connectivity index (χ1v) is 3.14. The Kier molecular flexibility index (Phi) is 3.53. The van der Waals surface area contributed by atoms with E-state index in [4.69, 9.17) is 10.8 Å². The van der Waals surface area contributed by atoms with Crippen LogP contribution in [0.2, 0.25) is 0 Å². The molecule has 0 amide bonds. The van der Waals surface area contributed by atoms with Gasteiger partial charge in [0.15, 0.2) is 6.10 Å². The molecule has 11 heavy (non-hydrogen) atoms. The minimum absolute atomic E-state index is 0.708. The summed E-state index contributed by atoms with van der Waals surface area (Å²) in [5.74, 6) is -1.89. The van der Waals surface area contributed by atoms with Crippen molar-refractivity contribution in [3.05, 3.63) is 0 Å². The molecule has 0 rings (SSSR count). The van der Waals surface area contributed by atoms with E-state index in [1.807, 2.05) is 0 Å². The van der Waals surface area contributed by atoms with Crippen molar-refractivity contribution < 1.29 is 19.4 Å². The monoisotopic (exact) mass is 161 g/mol. The maximum atomic E-state index is 10.6. The van der Waals surface area contributed by atoms with E-state index in [9.17, 15) is 9.59 Å². The van der Waals surface area contributed by atoms with Gasteiger partial charge in [0.2, 0.25) is 0 Å². The summed E-state index contributed by atoms with van der Waals surface area (Å²) in [6.45, 7) is 2.69. The van der Waals surface area contributed by atoms with Crippen molar-refractivity contribution in [3.8, 4) is 0 Å². The Morgan fingerprint density at radius 2 is 1.91 bits per heavy atom. The molecule has 1 unspecified atom stereocenters. The fourth-order valence-corrected chi connectivity index (χ4v) is 0.332. The average molecular weight is 161 g/mol. The number of carboxylic acids is 1. The summed E-state index contributed by atoms with van der Waals surface area (Å²) in [5, 5.41) is 8.29. The van der Waals surface area contributed by atoms with E-state index in [-0.39, 0.29) is 0 Å². The molecule has 0 aromatic carbocycles. The first-order chi connectivity index (χ1) is 4.95. The second-order valence-electron chi connectivity index (χ2n) is 2.21. The summed E-state index contributed by atoms with van der Waals surface area (Å²) in [5.41, 5.74) is 5.12. The molecular weight excluding hydrogens is 150 g/mol. The molecule has 2 atom stereocenters. The van der Waals surface area contributed by atoms with E-state index in [0.29, 0.717) is 0 Å². The van der Waals surface area contributed by atoms with E-state index < -0.39 is 24.1 Å². The molecule has 3 N–H and O–H groups in total. The van der Waals surface area contributed by atoms with Gasteiger partial charge in [-0.3, -0.25) is 4.79 Å². The second-order valence-corrected chi connectivity index (χ2v) is 2.21. The van der Waals surface area contributed by atoms with Crippen molar-refractivity contribution in [2.45, 2.75) is 26.0 Å². The van der Waals surface area contributed by atoms with Crippen molar-refractivity contribution in [1.29, 1.82) is 0 Å². The van der Waals surface area contributed by atoms with Gasteiger partial charge in [-0.25, -0.2) is 4.79 Å². The molecule has 0 fully saturated rings. The standard InChI is InChI=1S/C6H11NO4/c1-3(7)6(10)11-4(2)5(8)9/h3-4H,7H2,1-2H3,(H,8,9)/t3-,4?/m1/s1. The molecule has 0 bridgehead atoms. The van der Waals surface area contributed by atoms with Gasteiger partial charge in [-0.2, -0.15) is 0 Å². The largest absolute Gasteiger partial charge is 0.479 e. The van der Waals surface area contributed by atoms with Gasteiger partial charge < -0.3 is 15.6 Å². The lowest BCUT2D eigenvalue weighted by atomic mass is 10.3. The Hall–Kier alpha value is -1.10. The molecule has 0 spiro atoms. The maximum Gasteiger partial charge on any atom is 0.344 e. The molecule has 5 nitrogen and oxygen atoms in total. The molecule has 0 saturated heterocycles. The summed E-state index contributed by atoms with van der Waals surface area (Å²) < 4.78 is 4.41. The van der Waals surface area contributed by atoms with Crippen LogP contribution in [0.3, 0.4) is 0 Å². The van der Waals surface area contributed by atoms with Gasteiger partial charge in [0.25, 0.3) is 0 Å². The van der Waals surface area contributed by atoms with Crippen molar-refractivity contribution in [2.75, 3.05) is 0 Å². The SMILES string of the molecule is CC(OC(=O)[C@@H](C)N)C(=O)O. The highest BCUT2D eigenvalue weighted by Gasteiger charge is 2.18. The molecule has 0 aromatic heterocycles. The minimum Gasteiger partial charge on any atom is -0.479 e. The van der Waals surface area contributed by atoms with Crippen LogP contribution in [0.4, 0.5) is 0 Å². The zero-order chi connectivity index (χ0) is 9.02. The quantitative estimate of drug-likeness (QED) is 0.537. The summed E-state index contributed by atoms with van der Waals surface area (Å²) >= 11 is 0. The maximum absolute atomic E-state index is 10.6. The fourth-order valence-electron chi connectivity index (χ4n) is 0.332. The molecule has 0 aliphatic heterocycles. The molecule has 0 aliphatic rings. The van der Waals surface area contributed by atoms with Gasteiger partial charge in [-0.1, -0.05) is 0 Å². The smallest absolute Gasteiger partial charge is 0.344 e. The third-order valence-electron chi connectivity index (χ3n) is 1.01. The molecule has 0 aliphatic carbocycles. The predicted molar refractivity (Wildman–Crippen MR) is 36.8 cm³/mol. The highest BCUT2D eigenvalue weighted by atomic mass is 16.6. The van der Waals surface area contributed by atoms with E-state index in [2.05, 4.69) is 4.74 Å². The van der Waals surface area contributed by atoms with E-state index >= 15 is 0 Å². The number of carbonyl (C=O) groups is 2. The topological polar surface area (TPSA) is 89.6 Å². The predicted octanol–water partition coefficient (Wildman–Crippen LogP) is -0.650. The van der Waals surface area contributed by atoms with Crippen LogP contribution in [0.1, 0.15) is 13.8 Å². The summed E-state index contributed by atoms with van der Waals surface area (Å²) in [6, 6.07) is -0.781. The number of rotatable bonds is 3. The minimum atomic E-state index is -1.18. The molecule has 0 aromatic rings. The normalized spacial score (nSPS) is 15.2. The Morgan fingerprint density at radius 3 is 2.18 bits per heavy atom. The van der Waals surface area contributed by atoms with Gasteiger partial charge in [0.05, 0.1) is 0 Å². The molecular formula is C6H11NO4. The number of nitrogens with two attached hydrogens (primary N) is 1. The van der Waals surface area contributed by atoms with Crippen LogP contribution in [-0.2, 0) is 14.3 Å². The Balaban J connectivity index is 3.85. The van der Waals surface area contributed by atoms with E-state index in [1.165, 1.54) is 13.8 Å². The van der Waals surface area contributed by atoms with Gasteiger partial charge in [-0.05, 0) is 13.8 Å². The molecule has 0 radical (unpaired) electrons. The first-order valence-electron chi connectivity index (χ1n) is 3.14. The Bertz CT molecular complexity index is 166. The number of aliphatic carboxylic acids is 1. The van der Waals surface area contributed by atoms with Crippen molar-refractivity contribution in [3.63, 3.8) is 0 Å². The summed E-state index contributed by atoms with van der Waals surface area (Å²) in [7, 11) is 0. The lowest BCUT2D eigenvalue weighted by Gasteiger charge is -2.09. The molecule has 0 heterocycles. The lowest BCUT2D eigenvalue weighted by Crippen LogP contribution is -2.34. The van der Waals surface area contributed by atoms with Crippen molar-refractivity contribution in [2.24, 2.45) is 5.73 Å². The number of carbonyl (C=O) groups excluding carboxylic acids is 1. The van der Waals surface area contributed by atoms with Crippen molar-refractivity contribution >= 4 is 11.9 Å². The number of esters is 1. The van der Waals surface area contributed by atoms with Crippen LogP contribution in [0.15, 0.2) is 0 Å². The van der Waals surface area contributed by atoms with Crippen LogP contribution in [0.5, 0.6) is 0 Å². The Labute approximate surface area is 64.1 Å². The van der Waals surface area contributed by atoms with Gasteiger partial charge >= 0.3 is 11.9 Å². The highest BCUT2D eigenvalue weighted by Crippen LogP contribution is 1.93. The van der Waals surface area contributed by atoms with E-state index in [0.717, 1.165) is 0 Å². The number of hydrogen-bond acceptors (Lipinski definition) is 4. The second kappa shape index (κ2) is 3.92. The van der Waals surface area contributed by atoms with E-state index in [1.54, 1.807) is 0 Å². The zero-order valence-corrected chi connectivity index (χ0v) is 6.40. The van der Waals surface area contributed by atoms with Gasteiger partial charge in [0.1, 0.15) is 6.04 Å². The lowest BCUT2D eigenvalue weighted by molar-refractivity contribution is -0.163. The zero-order valence-electron chi connectivity index (χ0n) is 6.40. The van der Waals surface area contributed by atoms with Crippen LogP contribution in [-0.4, -0.2) is 29.2 Å². The summed E-state index contributed by atoms with van der Waals surface area (Å²) in [4.78, 5) is 20.8. The average Bonchev–Trinajstić information content (AvgIpc) is 1.87. The van der Waals surface area contributed by atoms with Crippen LogP contribution < -0.4 is 5.73 Å². The number of hydrogen-bond donors (Lipinski definition) is 2. The third kappa shape index (κ3) is 3.57. The van der Waals surface area contributed by atoms with Crippen LogP contribution >= 0.6 is 0 Å². The highest BCUT2D eigenvalue weighted by molar-refractivity contribution is 5.80. The van der Waals surface area contributed by atoms with Crippen LogP contribution in [0.25, 0.3) is 0 Å². The molecule has 64 valence electrons. The van der Waals surface area contributed by atoms with Gasteiger partial charge in [0, 0.05) is 0 Å². The molecule has 0 saturated carbocycles. The summed E-state index contributed by atoms with van der Waals surface area (Å²) in [6.07, 6.45) is -1.13. The fraction of sp³-hybridized carbons (Fsp3) is 0.667. The third-order valence-corrected chi connectivity index (χ3v) is 1.01.